The van der Waals surface area contributed by atoms with E-state index in [1.54, 1.807) is 16.8 Å². The van der Waals surface area contributed by atoms with Crippen LogP contribution in [-0.4, -0.2) is 22.3 Å². The van der Waals surface area contributed by atoms with Gasteiger partial charge < -0.3 is 15.8 Å². The maximum absolute atomic E-state index is 13.6. The zero-order valence-corrected chi connectivity index (χ0v) is 18.7. The van der Waals surface area contributed by atoms with Crippen LogP contribution in [0.25, 0.3) is 11.3 Å². The number of hydrogen-bond acceptors (Lipinski definition) is 4. The zero-order chi connectivity index (χ0) is 23.0. The highest BCUT2D eigenvalue weighted by Gasteiger charge is 2.26. The first kappa shape index (κ1) is 22.1. The predicted molar refractivity (Wildman–Crippen MR) is 132 cm³/mol. The molecule has 1 amide bonds. The molecule has 33 heavy (non-hydrogen) atoms. The highest BCUT2D eigenvalue weighted by atomic mass is 16.5. The zero-order valence-electron chi connectivity index (χ0n) is 18.7. The molecule has 3 N–H and O–H groups in total. The van der Waals surface area contributed by atoms with E-state index in [-0.39, 0.29) is 5.91 Å². The Bertz CT molecular complexity index is 1200. The minimum atomic E-state index is -0.315. The first-order valence-electron chi connectivity index (χ1n) is 11.2. The van der Waals surface area contributed by atoms with Crippen molar-refractivity contribution >= 4 is 17.3 Å². The number of anilines is 2. The summed E-state index contributed by atoms with van der Waals surface area (Å²) in [5.41, 5.74) is 10.1. The average Bonchev–Trinajstić information content (AvgIpc) is 3.20. The predicted octanol–water partition coefficient (Wildman–Crippen LogP) is 5.61. The van der Waals surface area contributed by atoms with Crippen LogP contribution in [0.5, 0.6) is 5.75 Å². The molecule has 0 saturated heterocycles. The van der Waals surface area contributed by atoms with Gasteiger partial charge in [0.15, 0.2) is 11.4 Å². The molecule has 0 radical (unpaired) electrons. The van der Waals surface area contributed by atoms with Gasteiger partial charge in [0.25, 0.3) is 5.91 Å². The van der Waals surface area contributed by atoms with Crippen LogP contribution in [0.3, 0.4) is 0 Å². The molecule has 6 nitrogen and oxygen atoms in total. The second-order valence-electron chi connectivity index (χ2n) is 7.78. The van der Waals surface area contributed by atoms with Crippen molar-refractivity contribution in [1.29, 1.82) is 0 Å². The number of unbranched alkanes of at least 4 members (excludes halogenated alkanes) is 1. The Morgan fingerprint density at radius 3 is 2.33 bits per heavy atom. The molecule has 168 valence electrons. The summed E-state index contributed by atoms with van der Waals surface area (Å²) in [5, 5.41) is 7.78. The lowest BCUT2D eigenvalue weighted by Gasteiger charge is -2.12. The van der Waals surface area contributed by atoms with Gasteiger partial charge in [-0.25, -0.2) is 0 Å². The second-order valence-corrected chi connectivity index (χ2v) is 7.78. The number of nitrogens with one attached hydrogen (secondary N) is 1. The minimum absolute atomic E-state index is 0.315. The van der Waals surface area contributed by atoms with Gasteiger partial charge in [0.05, 0.1) is 24.5 Å². The Balaban J connectivity index is 1.81. The number of rotatable bonds is 9. The molecule has 1 aromatic heterocycles. The fraction of sp³-hybridized carbons (Fsp3) is 0.185. The van der Waals surface area contributed by atoms with Crippen molar-refractivity contribution < 1.29 is 9.53 Å². The first-order valence-corrected chi connectivity index (χ1v) is 11.2. The van der Waals surface area contributed by atoms with Gasteiger partial charge in [-0.3, -0.25) is 9.48 Å². The molecule has 0 fully saturated rings. The van der Waals surface area contributed by atoms with Crippen molar-refractivity contribution in [2.75, 3.05) is 17.7 Å². The van der Waals surface area contributed by atoms with Crippen molar-refractivity contribution in [3.63, 3.8) is 0 Å². The molecule has 0 aliphatic carbocycles. The van der Waals surface area contributed by atoms with Crippen LogP contribution in [0.2, 0.25) is 0 Å². The van der Waals surface area contributed by atoms with Crippen molar-refractivity contribution in [3.8, 4) is 17.0 Å². The van der Waals surface area contributed by atoms with Gasteiger partial charge in [0.1, 0.15) is 5.69 Å². The van der Waals surface area contributed by atoms with Crippen LogP contribution in [0.1, 0.15) is 35.8 Å². The maximum atomic E-state index is 13.6. The van der Waals surface area contributed by atoms with Gasteiger partial charge in [0.2, 0.25) is 0 Å². The van der Waals surface area contributed by atoms with Gasteiger partial charge >= 0.3 is 0 Å². The van der Waals surface area contributed by atoms with Gasteiger partial charge in [-0.1, -0.05) is 86.1 Å². The van der Waals surface area contributed by atoms with E-state index in [0.29, 0.717) is 41.7 Å². The first-order chi connectivity index (χ1) is 16.2. The third-order valence-electron chi connectivity index (χ3n) is 5.30. The number of hydrogen-bond donors (Lipinski definition) is 2. The molecule has 0 spiro atoms. The number of carbonyl (C=O) groups is 1. The van der Waals surface area contributed by atoms with E-state index in [0.717, 1.165) is 24.0 Å². The fourth-order valence-electron chi connectivity index (χ4n) is 3.57. The monoisotopic (exact) mass is 440 g/mol. The molecule has 6 heteroatoms. The quantitative estimate of drug-likeness (QED) is 0.262. The molecule has 1 heterocycles. The molecule has 0 saturated carbocycles. The Morgan fingerprint density at radius 2 is 1.64 bits per heavy atom. The molecular weight excluding hydrogens is 412 g/mol. The summed E-state index contributed by atoms with van der Waals surface area (Å²) < 4.78 is 7.91. The third-order valence-corrected chi connectivity index (χ3v) is 5.30. The van der Waals surface area contributed by atoms with Crippen molar-refractivity contribution in [3.05, 3.63) is 96.2 Å². The molecule has 0 unspecified atom stereocenters. The largest absolute Gasteiger partial charge is 0.489 e. The lowest BCUT2D eigenvalue weighted by molar-refractivity contribution is 0.101. The number of para-hydroxylation sites is 2. The average molecular weight is 441 g/mol. The van der Waals surface area contributed by atoms with Crippen LogP contribution in [0.4, 0.5) is 11.4 Å². The van der Waals surface area contributed by atoms with Crippen LogP contribution < -0.4 is 15.8 Å². The van der Waals surface area contributed by atoms with Gasteiger partial charge in [-0.05, 0) is 24.1 Å². The van der Waals surface area contributed by atoms with E-state index in [2.05, 4.69) is 12.2 Å². The number of ether oxygens (including phenoxy) is 1. The standard InChI is InChI=1S/C27H28N4O2/c1-2-3-18-33-26-24(21-14-8-5-9-15-21)30-31(19-20-12-6-4-7-13-20)25(26)27(32)29-23-17-11-10-16-22(23)28/h4-17H,2-3,18-19,28H2,1H3,(H,29,32). The molecule has 3 aromatic carbocycles. The number of benzene rings is 3. The summed E-state index contributed by atoms with van der Waals surface area (Å²) in [6.07, 6.45) is 1.87. The fourth-order valence-corrected chi connectivity index (χ4v) is 3.57. The Hall–Kier alpha value is -4.06. The highest BCUT2D eigenvalue weighted by Crippen LogP contribution is 2.34. The van der Waals surface area contributed by atoms with Crippen molar-refractivity contribution in [1.82, 2.24) is 9.78 Å². The molecule has 4 aromatic rings. The number of carbonyl (C=O) groups excluding carboxylic acids is 1. The molecule has 4 rings (SSSR count). The Labute approximate surface area is 194 Å². The van der Waals surface area contributed by atoms with E-state index < -0.39 is 0 Å². The topological polar surface area (TPSA) is 82.2 Å². The number of aromatic nitrogens is 2. The summed E-state index contributed by atoms with van der Waals surface area (Å²) in [6.45, 7) is 3.04. The maximum Gasteiger partial charge on any atom is 0.277 e. The van der Waals surface area contributed by atoms with Gasteiger partial charge in [-0.2, -0.15) is 5.10 Å². The molecular formula is C27H28N4O2. The summed E-state index contributed by atoms with van der Waals surface area (Å²) in [7, 11) is 0. The van der Waals surface area contributed by atoms with E-state index in [1.165, 1.54) is 0 Å². The Kier molecular flexibility index (Phi) is 7.05. The molecule has 0 bridgehead atoms. The van der Waals surface area contributed by atoms with Crippen LogP contribution in [0.15, 0.2) is 84.9 Å². The highest BCUT2D eigenvalue weighted by molar-refractivity contribution is 6.07. The van der Waals surface area contributed by atoms with Crippen LogP contribution >= 0.6 is 0 Å². The molecule has 0 aliphatic heterocycles. The van der Waals surface area contributed by atoms with Gasteiger partial charge in [0, 0.05) is 5.56 Å². The normalized spacial score (nSPS) is 10.7. The minimum Gasteiger partial charge on any atom is -0.489 e. The number of amides is 1. The van der Waals surface area contributed by atoms with Crippen molar-refractivity contribution in [2.24, 2.45) is 0 Å². The van der Waals surface area contributed by atoms with Crippen LogP contribution in [-0.2, 0) is 6.54 Å². The second kappa shape index (κ2) is 10.5. The lowest BCUT2D eigenvalue weighted by Crippen LogP contribution is -2.20. The summed E-state index contributed by atoms with van der Waals surface area (Å²) in [5.74, 6) is 0.169. The summed E-state index contributed by atoms with van der Waals surface area (Å²) >= 11 is 0. The lowest BCUT2D eigenvalue weighted by atomic mass is 10.1. The number of nitrogens with zero attached hydrogens (tertiary/aromatic N) is 2. The van der Waals surface area contributed by atoms with E-state index >= 15 is 0 Å². The van der Waals surface area contributed by atoms with Crippen LogP contribution in [0, 0.1) is 0 Å². The van der Waals surface area contributed by atoms with E-state index in [4.69, 9.17) is 15.6 Å². The van der Waals surface area contributed by atoms with Gasteiger partial charge in [-0.15, -0.1) is 0 Å². The smallest absolute Gasteiger partial charge is 0.277 e. The number of nitrogen functional groups attached to an aromatic ring is 1. The third kappa shape index (κ3) is 5.23. The van der Waals surface area contributed by atoms with Crippen molar-refractivity contribution in [2.45, 2.75) is 26.3 Å². The molecule has 0 aliphatic rings. The number of nitrogens with two attached hydrogens (primary N) is 1. The van der Waals surface area contributed by atoms with E-state index in [1.807, 2.05) is 72.8 Å². The summed E-state index contributed by atoms with van der Waals surface area (Å²) in [6, 6.07) is 26.9. The van der Waals surface area contributed by atoms with E-state index in [9.17, 15) is 4.79 Å². The summed E-state index contributed by atoms with van der Waals surface area (Å²) in [4.78, 5) is 13.6. The SMILES string of the molecule is CCCCOc1c(-c2ccccc2)nn(Cc2ccccc2)c1C(=O)Nc1ccccc1N. The Morgan fingerprint density at radius 1 is 0.970 bits per heavy atom. The molecule has 0 atom stereocenters.